The first kappa shape index (κ1) is 11.3. The van der Waals surface area contributed by atoms with Crippen LogP contribution in [0.5, 0.6) is 0 Å². The van der Waals surface area contributed by atoms with E-state index < -0.39 is 11.9 Å². The summed E-state index contributed by atoms with van der Waals surface area (Å²) in [7, 11) is 0. The highest BCUT2D eigenvalue weighted by Crippen LogP contribution is 2.19. The Morgan fingerprint density at radius 1 is 1.60 bits per heavy atom. The van der Waals surface area contributed by atoms with Crippen molar-refractivity contribution in [1.29, 1.82) is 0 Å². The monoisotopic (exact) mass is 211 g/mol. The Hall–Kier alpha value is -1.78. The molecule has 0 aliphatic carbocycles. The van der Waals surface area contributed by atoms with Gasteiger partial charge in [0.1, 0.15) is 0 Å². The van der Waals surface area contributed by atoms with Crippen molar-refractivity contribution in [3.63, 3.8) is 0 Å². The first-order chi connectivity index (χ1) is 7.06. The van der Waals surface area contributed by atoms with E-state index in [2.05, 4.69) is 5.32 Å². The quantitative estimate of drug-likeness (QED) is 0.675. The summed E-state index contributed by atoms with van der Waals surface area (Å²) < 4.78 is 4.78. The van der Waals surface area contributed by atoms with Gasteiger partial charge in [-0.25, -0.2) is 9.59 Å². The van der Waals surface area contributed by atoms with Crippen molar-refractivity contribution in [3.8, 4) is 0 Å². The Balaban J connectivity index is 2.76. The second-order valence-corrected chi connectivity index (χ2v) is 3.12. The molecular weight excluding hydrogens is 198 g/mol. The predicted octanol–water partition coefficient (Wildman–Crippen LogP) is 0.785. The third kappa shape index (κ3) is 2.59. The number of carbonyl (C=O) groups is 2. The van der Waals surface area contributed by atoms with E-state index in [1.807, 2.05) is 0 Å². The lowest BCUT2D eigenvalue weighted by Gasteiger charge is -2.16. The molecule has 0 radical (unpaired) electrons. The average Bonchev–Trinajstić information content (AvgIpc) is 2.18. The molecule has 0 amide bonds. The summed E-state index contributed by atoms with van der Waals surface area (Å²) in [5.74, 6) is -1.49. The molecule has 5 heteroatoms. The number of ether oxygens (including phenoxy) is 1. The molecule has 1 aliphatic heterocycles. The summed E-state index contributed by atoms with van der Waals surface area (Å²) in [6.07, 6.45) is 1.59. The number of aliphatic carboxylic acids is 1. The smallest absolute Gasteiger partial charge is 0.335 e. The molecule has 82 valence electrons. The second kappa shape index (κ2) is 4.63. The number of hydrogen-bond donors (Lipinski definition) is 2. The Labute approximate surface area is 87.4 Å². The van der Waals surface area contributed by atoms with Crippen LogP contribution in [0.3, 0.4) is 0 Å². The molecule has 0 saturated heterocycles. The van der Waals surface area contributed by atoms with Crippen LogP contribution in [0, 0.1) is 0 Å². The summed E-state index contributed by atoms with van der Waals surface area (Å²) >= 11 is 0. The zero-order valence-corrected chi connectivity index (χ0v) is 8.66. The van der Waals surface area contributed by atoms with Gasteiger partial charge in [-0.2, -0.15) is 0 Å². The predicted molar refractivity (Wildman–Crippen MR) is 52.8 cm³/mol. The normalized spacial score (nSPS) is 15.5. The molecule has 0 fully saturated rings. The molecule has 0 spiro atoms. The van der Waals surface area contributed by atoms with Gasteiger partial charge in [0.15, 0.2) is 0 Å². The molecule has 0 saturated carbocycles. The number of carbonyl (C=O) groups excluding carboxylic acids is 1. The molecule has 0 unspecified atom stereocenters. The minimum absolute atomic E-state index is 0.104. The largest absolute Gasteiger partial charge is 0.478 e. The fourth-order valence-corrected chi connectivity index (χ4v) is 1.25. The Bertz CT molecular complexity index is 354. The molecule has 1 aliphatic rings. The van der Waals surface area contributed by atoms with E-state index in [9.17, 15) is 9.59 Å². The van der Waals surface area contributed by atoms with Gasteiger partial charge in [0.05, 0.1) is 17.8 Å². The molecule has 15 heavy (non-hydrogen) atoms. The minimum atomic E-state index is -1.02. The lowest BCUT2D eigenvalue weighted by molar-refractivity contribution is -0.138. The third-order valence-corrected chi connectivity index (χ3v) is 2.08. The van der Waals surface area contributed by atoms with Gasteiger partial charge in [-0.1, -0.05) is 0 Å². The van der Waals surface area contributed by atoms with Crippen LogP contribution >= 0.6 is 0 Å². The van der Waals surface area contributed by atoms with Gasteiger partial charge in [0, 0.05) is 18.3 Å². The number of dihydropyridines is 1. The number of rotatable bonds is 3. The van der Waals surface area contributed by atoms with E-state index in [-0.39, 0.29) is 18.6 Å². The molecule has 0 aromatic heterocycles. The highest BCUT2D eigenvalue weighted by molar-refractivity contribution is 5.95. The van der Waals surface area contributed by atoms with Gasteiger partial charge in [0.2, 0.25) is 0 Å². The molecule has 0 atom stereocenters. The van der Waals surface area contributed by atoms with Gasteiger partial charge in [0.25, 0.3) is 0 Å². The van der Waals surface area contributed by atoms with E-state index in [0.29, 0.717) is 11.3 Å². The third-order valence-electron chi connectivity index (χ3n) is 2.08. The minimum Gasteiger partial charge on any atom is -0.478 e. The Morgan fingerprint density at radius 2 is 2.27 bits per heavy atom. The van der Waals surface area contributed by atoms with Crippen LogP contribution in [0.15, 0.2) is 23.0 Å². The van der Waals surface area contributed by atoms with E-state index in [1.54, 1.807) is 13.8 Å². The highest BCUT2D eigenvalue weighted by Gasteiger charge is 2.22. The molecule has 1 rings (SSSR count). The van der Waals surface area contributed by atoms with Crippen molar-refractivity contribution in [2.75, 3.05) is 6.61 Å². The SMILES string of the molecule is CCOC(=O)C1=CNC(C)=C(C(=O)O)C1. The van der Waals surface area contributed by atoms with Crippen LogP contribution in [0.25, 0.3) is 0 Å². The fraction of sp³-hybridized carbons (Fsp3) is 0.400. The summed E-state index contributed by atoms with van der Waals surface area (Å²) in [6, 6.07) is 0. The highest BCUT2D eigenvalue weighted by atomic mass is 16.5. The van der Waals surface area contributed by atoms with Crippen LogP contribution in [0.4, 0.5) is 0 Å². The van der Waals surface area contributed by atoms with Crippen molar-refractivity contribution in [2.45, 2.75) is 20.3 Å². The van der Waals surface area contributed by atoms with Gasteiger partial charge in [-0.15, -0.1) is 0 Å². The maximum absolute atomic E-state index is 11.3. The number of esters is 1. The number of carboxylic acid groups (broad SMARTS) is 1. The number of nitrogens with one attached hydrogen (secondary N) is 1. The first-order valence-electron chi connectivity index (χ1n) is 4.62. The first-order valence-corrected chi connectivity index (χ1v) is 4.62. The number of allylic oxidation sites excluding steroid dienone is 1. The van der Waals surface area contributed by atoms with E-state index in [4.69, 9.17) is 9.84 Å². The van der Waals surface area contributed by atoms with Gasteiger partial charge in [-0.05, 0) is 13.8 Å². The van der Waals surface area contributed by atoms with Crippen LogP contribution in [-0.2, 0) is 14.3 Å². The van der Waals surface area contributed by atoms with Gasteiger partial charge < -0.3 is 15.2 Å². The lowest BCUT2D eigenvalue weighted by atomic mass is 10.0. The van der Waals surface area contributed by atoms with Crippen LogP contribution in [0.2, 0.25) is 0 Å². The lowest BCUT2D eigenvalue weighted by Crippen LogP contribution is -2.21. The van der Waals surface area contributed by atoms with Crippen LogP contribution in [0.1, 0.15) is 20.3 Å². The van der Waals surface area contributed by atoms with Crippen molar-refractivity contribution in [1.82, 2.24) is 5.32 Å². The Kier molecular flexibility index (Phi) is 3.49. The summed E-state index contributed by atoms with van der Waals surface area (Å²) in [5.41, 5.74) is 1.08. The molecule has 1 heterocycles. The van der Waals surface area contributed by atoms with Crippen molar-refractivity contribution in [3.05, 3.63) is 23.0 Å². The van der Waals surface area contributed by atoms with E-state index >= 15 is 0 Å². The summed E-state index contributed by atoms with van der Waals surface area (Å²) in [6.45, 7) is 3.64. The average molecular weight is 211 g/mol. The summed E-state index contributed by atoms with van der Waals surface area (Å²) in [4.78, 5) is 22.1. The number of hydrogen-bond acceptors (Lipinski definition) is 4. The maximum atomic E-state index is 11.3. The summed E-state index contributed by atoms with van der Waals surface area (Å²) in [5, 5.41) is 11.6. The van der Waals surface area contributed by atoms with E-state index in [0.717, 1.165) is 0 Å². The van der Waals surface area contributed by atoms with Crippen molar-refractivity contribution < 1.29 is 19.4 Å². The van der Waals surface area contributed by atoms with Crippen LogP contribution in [-0.4, -0.2) is 23.7 Å². The fourth-order valence-electron chi connectivity index (χ4n) is 1.25. The molecule has 2 N–H and O–H groups in total. The van der Waals surface area contributed by atoms with Gasteiger partial charge in [-0.3, -0.25) is 0 Å². The topological polar surface area (TPSA) is 75.6 Å². The van der Waals surface area contributed by atoms with Crippen molar-refractivity contribution in [2.24, 2.45) is 0 Å². The van der Waals surface area contributed by atoms with Gasteiger partial charge >= 0.3 is 11.9 Å². The van der Waals surface area contributed by atoms with Crippen molar-refractivity contribution >= 4 is 11.9 Å². The molecular formula is C10H13NO4. The van der Waals surface area contributed by atoms with Crippen LogP contribution < -0.4 is 5.32 Å². The Morgan fingerprint density at radius 3 is 2.80 bits per heavy atom. The molecule has 5 nitrogen and oxygen atoms in total. The maximum Gasteiger partial charge on any atom is 0.335 e. The molecule has 0 aromatic rings. The standard InChI is InChI=1S/C10H13NO4/c1-3-15-10(14)7-4-8(9(12)13)6(2)11-5-7/h5,11H,3-4H2,1-2H3,(H,12,13). The van der Waals surface area contributed by atoms with E-state index in [1.165, 1.54) is 6.20 Å². The molecule has 0 bridgehead atoms. The molecule has 0 aromatic carbocycles. The zero-order chi connectivity index (χ0) is 11.4. The number of carboxylic acids is 1. The zero-order valence-electron chi connectivity index (χ0n) is 8.66. The second-order valence-electron chi connectivity index (χ2n) is 3.12.